The summed E-state index contributed by atoms with van der Waals surface area (Å²) < 4.78 is 5.32. The van der Waals surface area contributed by atoms with E-state index < -0.39 is 0 Å². The van der Waals surface area contributed by atoms with Crippen molar-refractivity contribution >= 4 is 0 Å². The summed E-state index contributed by atoms with van der Waals surface area (Å²) in [6.45, 7) is 7.28. The Morgan fingerprint density at radius 3 is 2.95 bits per heavy atom. The quantitative estimate of drug-likeness (QED) is 0.671. The van der Waals surface area contributed by atoms with Crippen LogP contribution in [0.4, 0.5) is 0 Å². The number of hydrogen-bond acceptors (Lipinski definition) is 3. The zero-order valence-corrected chi connectivity index (χ0v) is 11.8. The number of nitrogens with zero attached hydrogens (tertiary/aromatic N) is 2. The fraction of sp³-hybridized carbons (Fsp3) is 0.438. The highest BCUT2D eigenvalue weighted by Crippen LogP contribution is 2.15. The first-order valence-corrected chi connectivity index (χ1v) is 6.72. The number of hydrogen-bond donors (Lipinski definition) is 0. The highest BCUT2D eigenvalue weighted by molar-refractivity contribution is 5.28. The Labute approximate surface area is 116 Å². The van der Waals surface area contributed by atoms with Crippen molar-refractivity contribution in [2.45, 2.75) is 26.8 Å². The lowest BCUT2D eigenvalue weighted by molar-refractivity contribution is 0.294. The average Bonchev–Trinajstić information content (AvgIpc) is 2.43. The maximum absolute atomic E-state index is 8.52. The van der Waals surface area contributed by atoms with Crippen LogP contribution in [0.2, 0.25) is 0 Å². The number of nitriles is 1. The van der Waals surface area contributed by atoms with Crippen LogP contribution in [0.25, 0.3) is 0 Å². The van der Waals surface area contributed by atoms with Crippen molar-refractivity contribution in [3.8, 4) is 11.8 Å². The van der Waals surface area contributed by atoms with Crippen molar-refractivity contribution in [1.29, 1.82) is 5.26 Å². The van der Waals surface area contributed by atoms with Crippen LogP contribution in [-0.4, -0.2) is 24.6 Å². The third kappa shape index (κ3) is 6.08. The van der Waals surface area contributed by atoms with Gasteiger partial charge in [-0.1, -0.05) is 31.2 Å². The van der Waals surface area contributed by atoms with Crippen molar-refractivity contribution < 1.29 is 4.74 Å². The molecule has 0 amide bonds. The largest absolute Gasteiger partial charge is 0.479 e. The molecule has 0 saturated heterocycles. The van der Waals surface area contributed by atoms with E-state index in [2.05, 4.69) is 30.0 Å². The molecular weight excluding hydrogens is 236 g/mol. The molecule has 0 fully saturated rings. The molecule has 0 N–H and O–H groups in total. The topological polar surface area (TPSA) is 36.3 Å². The Morgan fingerprint density at radius 1 is 1.42 bits per heavy atom. The van der Waals surface area contributed by atoms with Gasteiger partial charge in [-0.25, -0.2) is 0 Å². The van der Waals surface area contributed by atoms with E-state index in [1.54, 1.807) is 0 Å². The van der Waals surface area contributed by atoms with Gasteiger partial charge < -0.3 is 4.74 Å². The lowest BCUT2D eigenvalue weighted by Crippen LogP contribution is -2.24. The highest BCUT2D eigenvalue weighted by Gasteiger charge is 2.04. The van der Waals surface area contributed by atoms with E-state index in [0.717, 1.165) is 31.8 Å². The van der Waals surface area contributed by atoms with Crippen LogP contribution in [-0.2, 0) is 6.54 Å². The number of allylic oxidation sites excluding steroid dienone is 1. The first kappa shape index (κ1) is 15.3. The van der Waals surface area contributed by atoms with Crippen molar-refractivity contribution in [3.05, 3.63) is 42.0 Å². The van der Waals surface area contributed by atoms with E-state index in [-0.39, 0.29) is 6.61 Å². The predicted octanol–water partition coefficient (Wildman–Crippen LogP) is 3.38. The molecule has 102 valence electrons. The van der Waals surface area contributed by atoms with Gasteiger partial charge in [0.05, 0.1) is 0 Å². The van der Waals surface area contributed by atoms with Gasteiger partial charge in [0, 0.05) is 13.1 Å². The average molecular weight is 258 g/mol. The first-order chi connectivity index (χ1) is 9.30. The van der Waals surface area contributed by atoms with Crippen molar-refractivity contribution in [2.24, 2.45) is 0 Å². The molecule has 0 aliphatic heterocycles. The molecule has 0 atom stereocenters. The minimum absolute atomic E-state index is 0.0979. The van der Waals surface area contributed by atoms with Crippen molar-refractivity contribution in [2.75, 3.05) is 19.7 Å². The molecule has 0 aliphatic carbocycles. The van der Waals surface area contributed by atoms with Crippen molar-refractivity contribution in [1.82, 2.24) is 4.90 Å². The van der Waals surface area contributed by atoms with Gasteiger partial charge in [0.25, 0.3) is 0 Å². The molecule has 0 unspecified atom stereocenters. The minimum Gasteiger partial charge on any atom is -0.479 e. The van der Waals surface area contributed by atoms with Crippen LogP contribution in [0, 0.1) is 11.3 Å². The second kappa shape index (κ2) is 9.18. The third-order valence-electron chi connectivity index (χ3n) is 2.75. The summed E-state index contributed by atoms with van der Waals surface area (Å²) in [4.78, 5) is 2.39. The molecule has 1 aromatic rings. The normalized spacial score (nSPS) is 10.8. The van der Waals surface area contributed by atoms with Crippen LogP contribution in [0.3, 0.4) is 0 Å². The zero-order chi connectivity index (χ0) is 13.9. The highest BCUT2D eigenvalue weighted by atomic mass is 16.5. The lowest BCUT2D eigenvalue weighted by Gasteiger charge is -2.20. The Kier molecular flexibility index (Phi) is 7.38. The molecule has 0 bridgehead atoms. The molecule has 0 spiro atoms. The van der Waals surface area contributed by atoms with Crippen LogP contribution in [0.15, 0.2) is 36.4 Å². The van der Waals surface area contributed by atoms with Gasteiger partial charge in [-0.05, 0) is 37.6 Å². The van der Waals surface area contributed by atoms with Crippen LogP contribution in [0.5, 0.6) is 5.75 Å². The summed E-state index contributed by atoms with van der Waals surface area (Å²) in [5, 5.41) is 8.52. The lowest BCUT2D eigenvalue weighted by atomic mass is 10.2. The fourth-order valence-electron chi connectivity index (χ4n) is 1.91. The molecule has 0 aliphatic rings. The molecule has 0 heterocycles. The molecule has 3 heteroatoms. The summed E-state index contributed by atoms with van der Waals surface area (Å²) in [5.74, 6) is 0.765. The van der Waals surface area contributed by atoms with Gasteiger partial charge in [-0.3, -0.25) is 4.90 Å². The number of rotatable bonds is 8. The monoisotopic (exact) mass is 258 g/mol. The summed E-state index contributed by atoms with van der Waals surface area (Å²) in [6.07, 6.45) is 5.39. The SMILES string of the molecule is C/C=C/CN(CCC)Cc1cccc(OCC#N)c1. The Bertz CT molecular complexity index is 435. The summed E-state index contributed by atoms with van der Waals surface area (Å²) in [7, 11) is 0. The Hall–Kier alpha value is -1.79. The second-order valence-corrected chi connectivity index (χ2v) is 4.40. The van der Waals surface area contributed by atoms with Crippen LogP contribution in [0.1, 0.15) is 25.8 Å². The molecule has 19 heavy (non-hydrogen) atoms. The standard InChI is InChI=1S/C16H22N2O/c1-3-5-11-18(10-4-2)14-15-7-6-8-16(13-15)19-12-9-17/h3,5-8,13H,4,10-12,14H2,1-2H3/b5-3+. The van der Waals surface area contributed by atoms with E-state index in [9.17, 15) is 0 Å². The fourth-order valence-corrected chi connectivity index (χ4v) is 1.91. The number of benzene rings is 1. The molecule has 0 radical (unpaired) electrons. The van der Waals surface area contributed by atoms with Gasteiger partial charge in [0.15, 0.2) is 6.61 Å². The molecule has 3 nitrogen and oxygen atoms in total. The van der Waals surface area contributed by atoms with Crippen LogP contribution >= 0.6 is 0 Å². The maximum atomic E-state index is 8.52. The Morgan fingerprint density at radius 2 is 2.26 bits per heavy atom. The van der Waals surface area contributed by atoms with E-state index in [1.807, 2.05) is 31.2 Å². The van der Waals surface area contributed by atoms with Gasteiger partial charge in [0.1, 0.15) is 11.8 Å². The zero-order valence-electron chi connectivity index (χ0n) is 11.8. The van der Waals surface area contributed by atoms with Gasteiger partial charge >= 0.3 is 0 Å². The summed E-state index contributed by atoms with van der Waals surface area (Å²) in [6, 6.07) is 9.95. The molecule has 0 aromatic heterocycles. The Balaban J connectivity index is 2.64. The van der Waals surface area contributed by atoms with E-state index in [4.69, 9.17) is 10.00 Å². The third-order valence-corrected chi connectivity index (χ3v) is 2.75. The van der Waals surface area contributed by atoms with Gasteiger partial charge in [0.2, 0.25) is 0 Å². The molecule has 1 aromatic carbocycles. The second-order valence-electron chi connectivity index (χ2n) is 4.40. The first-order valence-electron chi connectivity index (χ1n) is 6.72. The summed E-state index contributed by atoms with van der Waals surface area (Å²) >= 11 is 0. The van der Waals surface area contributed by atoms with Crippen LogP contribution < -0.4 is 4.74 Å². The summed E-state index contributed by atoms with van der Waals surface area (Å²) in [5.41, 5.74) is 1.22. The molecule has 0 saturated carbocycles. The van der Waals surface area contributed by atoms with Gasteiger partial charge in [-0.15, -0.1) is 0 Å². The number of ether oxygens (including phenoxy) is 1. The van der Waals surface area contributed by atoms with E-state index in [1.165, 1.54) is 5.56 Å². The minimum atomic E-state index is 0.0979. The van der Waals surface area contributed by atoms with E-state index in [0.29, 0.717) is 0 Å². The maximum Gasteiger partial charge on any atom is 0.174 e. The smallest absolute Gasteiger partial charge is 0.174 e. The van der Waals surface area contributed by atoms with E-state index >= 15 is 0 Å². The predicted molar refractivity (Wildman–Crippen MR) is 77.9 cm³/mol. The van der Waals surface area contributed by atoms with Crippen molar-refractivity contribution in [3.63, 3.8) is 0 Å². The molecular formula is C16H22N2O. The van der Waals surface area contributed by atoms with Gasteiger partial charge in [-0.2, -0.15) is 5.26 Å². The molecule has 1 rings (SSSR count).